The van der Waals surface area contributed by atoms with E-state index in [2.05, 4.69) is 77.0 Å². The van der Waals surface area contributed by atoms with Gasteiger partial charge in [0.2, 0.25) is 11.9 Å². The van der Waals surface area contributed by atoms with Crippen LogP contribution < -0.4 is 20.1 Å². The highest BCUT2D eigenvalue weighted by Crippen LogP contribution is 2.20. The summed E-state index contributed by atoms with van der Waals surface area (Å²) in [4.78, 5) is 38.6. The van der Waals surface area contributed by atoms with Crippen LogP contribution in [-0.4, -0.2) is 104 Å². The first-order valence-electron chi connectivity index (χ1n) is 20.8. The summed E-state index contributed by atoms with van der Waals surface area (Å²) in [5.74, 6) is 2.50. The number of nitrogens with zero attached hydrogens (tertiary/aromatic N) is 8. The monoisotopic (exact) mass is 800 g/mol. The molecule has 2 aliphatic heterocycles. The minimum Gasteiger partial charge on any atom is -0.494 e. The van der Waals surface area contributed by atoms with Crippen LogP contribution in [0, 0.1) is 0 Å². The van der Waals surface area contributed by atoms with Crippen LogP contribution in [0.5, 0.6) is 11.5 Å². The molecule has 2 aromatic carbocycles. The van der Waals surface area contributed by atoms with E-state index < -0.39 is 11.9 Å². The minimum atomic E-state index is -0.548. The summed E-state index contributed by atoms with van der Waals surface area (Å²) in [6.45, 7) is 8.78. The largest absolute Gasteiger partial charge is 0.494 e. The standard InChI is InChI=1S/C42H60N10O6/c1-49-41(43-19-11-25-55-35-15-9-13-33(27-35)29-51-21-5-3-6-22-51)45-37(47-49)31-57-39(53)17-18-40(54)58-32-38-46-42(50(2)48-38)44-20-12-26-56-36-16-10-14-34(28-36)30-52-23-7-4-8-24-52/h9-10,13-16,27-28H,3-8,11-12,17-26,29-32H2,1-2H3,(H,43,45,47)(H,44,46,48). The Morgan fingerprint density at radius 2 is 1.05 bits per heavy atom. The van der Waals surface area contributed by atoms with Crippen LogP contribution in [0.2, 0.25) is 0 Å². The molecule has 0 aliphatic carbocycles. The zero-order chi connectivity index (χ0) is 40.4. The predicted molar refractivity (Wildman–Crippen MR) is 219 cm³/mol. The Morgan fingerprint density at radius 3 is 1.48 bits per heavy atom. The summed E-state index contributed by atoms with van der Waals surface area (Å²) in [5, 5.41) is 15.2. The molecule has 2 aliphatic rings. The van der Waals surface area contributed by atoms with E-state index >= 15 is 0 Å². The highest BCUT2D eigenvalue weighted by atomic mass is 16.5. The van der Waals surface area contributed by atoms with Crippen molar-refractivity contribution < 1.29 is 28.5 Å². The number of hydrogen-bond acceptors (Lipinski definition) is 14. The normalized spacial score (nSPS) is 14.9. The lowest BCUT2D eigenvalue weighted by Crippen LogP contribution is -2.29. The van der Waals surface area contributed by atoms with Crippen molar-refractivity contribution >= 4 is 23.8 Å². The van der Waals surface area contributed by atoms with Crippen molar-refractivity contribution in [3.8, 4) is 11.5 Å². The molecule has 0 saturated carbocycles. The fraction of sp³-hybridized carbons (Fsp3) is 0.571. The van der Waals surface area contributed by atoms with Gasteiger partial charge in [-0.05, 0) is 100 Å². The molecule has 16 nitrogen and oxygen atoms in total. The molecule has 16 heteroatoms. The van der Waals surface area contributed by atoms with Gasteiger partial charge in [-0.15, -0.1) is 0 Å². The third-order valence-corrected chi connectivity index (χ3v) is 10.1. The smallest absolute Gasteiger partial charge is 0.306 e. The van der Waals surface area contributed by atoms with E-state index in [4.69, 9.17) is 18.9 Å². The number of rotatable bonds is 23. The Kier molecular flexibility index (Phi) is 16.6. The zero-order valence-electron chi connectivity index (χ0n) is 34.2. The number of esters is 2. The van der Waals surface area contributed by atoms with Gasteiger partial charge in [0.1, 0.15) is 11.5 Å². The van der Waals surface area contributed by atoms with Crippen molar-refractivity contribution in [3.05, 3.63) is 71.3 Å². The lowest BCUT2D eigenvalue weighted by molar-refractivity contribution is -0.152. The van der Waals surface area contributed by atoms with Crippen LogP contribution in [0.25, 0.3) is 0 Å². The number of piperidine rings is 2. The maximum atomic E-state index is 12.4. The Labute approximate surface area is 341 Å². The van der Waals surface area contributed by atoms with E-state index in [1.807, 2.05) is 12.1 Å². The Morgan fingerprint density at radius 1 is 0.621 bits per heavy atom. The Bertz CT molecular complexity index is 1740. The van der Waals surface area contributed by atoms with Gasteiger partial charge in [0, 0.05) is 40.3 Å². The predicted octanol–water partition coefficient (Wildman–Crippen LogP) is 5.24. The van der Waals surface area contributed by atoms with E-state index in [9.17, 15) is 9.59 Å². The van der Waals surface area contributed by atoms with Gasteiger partial charge in [-0.1, -0.05) is 37.1 Å². The highest BCUT2D eigenvalue weighted by Gasteiger charge is 2.16. The quantitative estimate of drug-likeness (QED) is 0.0740. The Hall–Kier alpha value is -5.22. The van der Waals surface area contributed by atoms with Gasteiger partial charge in [0.15, 0.2) is 24.9 Å². The van der Waals surface area contributed by atoms with Crippen molar-refractivity contribution in [2.45, 2.75) is 90.5 Å². The van der Waals surface area contributed by atoms with Gasteiger partial charge in [0.05, 0.1) is 26.1 Å². The summed E-state index contributed by atoms with van der Waals surface area (Å²) in [7, 11) is 3.54. The maximum Gasteiger partial charge on any atom is 0.306 e. The molecular weight excluding hydrogens is 741 g/mol. The van der Waals surface area contributed by atoms with Gasteiger partial charge >= 0.3 is 11.9 Å². The van der Waals surface area contributed by atoms with E-state index in [0.717, 1.165) is 37.4 Å². The number of benzene rings is 2. The van der Waals surface area contributed by atoms with Gasteiger partial charge in [-0.2, -0.15) is 20.2 Å². The second-order valence-electron chi connectivity index (χ2n) is 15.0. The van der Waals surface area contributed by atoms with Gasteiger partial charge in [0.25, 0.3) is 0 Å². The number of carbonyl (C=O) groups excluding carboxylic acids is 2. The fourth-order valence-electron chi connectivity index (χ4n) is 7.09. The molecule has 2 N–H and O–H groups in total. The number of carbonyl (C=O) groups is 2. The van der Waals surface area contributed by atoms with Crippen molar-refractivity contribution in [1.82, 2.24) is 39.3 Å². The molecule has 2 aromatic heterocycles. The SMILES string of the molecule is Cn1nc(COC(=O)CCC(=O)OCc2nc(NCCCOc3cccc(CN4CCCCC4)c3)n(C)n2)nc1NCCCOc1cccc(CN2CCCCC2)c1. The molecular formula is C42H60N10O6. The Balaban J connectivity index is 0.798. The van der Waals surface area contributed by atoms with Gasteiger partial charge in [-0.3, -0.25) is 19.4 Å². The minimum absolute atomic E-state index is 0.105. The van der Waals surface area contributed by atoms with Gasteiger partial charge < -0.3 is 29.6 Å². The fourth-order valence-corrected chi connectivity index (χ4v) is 7.09. The first kappa shape index (κ1) is 42.4. The summed E-state index contributed by atoms with van der Waals surface area (Å²) >= 11 is 0. The third-order valence-electron chi connectivity index (χ3n) is 10.1. The number of aryl methyl sites for hydroxylation is 2. The molecule has 58 heavy (non-hydrogen) atoms. The lowest BCUT2D eigenvalue weighted by Gasteiger charge is -2.26. The van der Waals surface area contributed by atoms with Crippen molar-refractivity contribution in [2.75, 3.05) is 63.1 Å². The van der Waals surface area contributed by atoms with E-state index in [1.165, 1.54) is 75.8 Å². The second-order valence-corrected chi connectivity index (χ2v) is 15.0. The zero-order valence-corrected chi connectivity index (χ0v) is 34.2. The first-order valence-corrected chi connectivity index (χ1v) is 20.8. The molecule has 4 aromatic rings. The second kappa shape index (κ2) is 22.6. The molecule has 0 amide bonds. The van der Waals surface area contributed by atoms with E-state index in [-0.39, 0.29) is 26.1 Å². The van der Waals surface area contributed by atoms with Crippen LogP contribution in [0.15, 0.2) is 48.5 Å². The number of likely N-dealkylation sites (tertiary alicyclic amines) is 2. The average molecular weight is 801 g/mol. The lowest BCUT2D eigenvalue weighted by atomic mass is 10.1. The van der Waals surface area contributed by atoms with Gasteiger partial charge in [-0.25, -0.2) is 9.36 Å². The molecule has 0 atom stereocenters. The number of hydrogen-bond donors (Lipinski definition) is 2. The highest BCUT2D eigenvalue weighted by molar-refractivity contribution is 5.77. The molecule has 0 spiro atoms. The van der Waals surface area contributed by atoms with Crippen LogP contribution >= 0.6 is 0 Å². The van der Waals surface area contributed by atoms with Crippen LogP contribution in [-0.2, 0) is 59.5 Å². The van der Waals surface area contributed by atoms with Crippen molar-refractivity contribution in [3.63, 3.8) is 0 Å². The molecule has 0 unspecified atom stereocenters. The van der Waals surface area contributed by atoms with Crippen LogP contribution in [0.1, 0.15) is 87.0 Å². The first-order chi connectivity index (χ1) is 28.4. The number of nitrogens with one attached hydrogen (secondary N) is 2. The van der Waals surface area contributed by atoms with E-state index in [0.29, 0.717) is 49.8 Å². The van der Waals surface area contributed by atoms with Crippen LogP contribution in [0.4, 0.5) is 11.9 Å². The molecule has 0 bridgehead atoms. The molecule has 4 heterocycles. The number of ether oxygens (including phenoxy) is 4. The summed E-state index contributed by atoms with van der Waals surface area (Å²) in [6, 6.07) is 16.7. The molecule has 2 fully saturated rings. The summed E-state index contributed by atoms with van der Waals surface area (Å²) in [6.07, 6.45) is 9.04. The summed E-state index contributed by atoms with van der Waals surface area (Å²) < 4.78 is 25.8. The van der Waals surface area contributed by atoms with Crippen molar-refractivity contribution in [2.24, 2.45) is 14.1 Å². The number of aromatic nitrogens is 6. The molecule has 314 valence electrons. The molecule has 6 rings (SSSR count). The number of anilines is 2. The third kappa shape index (κ3) is 14.3. The molecule has 2 saturated heterocycles. The van der Waals surface area contributed by atoms with Crippen LogP contribution in [0.3, 0.4) is 0 Å². The summed E-state index contributed by atoms with van der Waals surface area (Å²) in [5.41, 5.74) is 2.55. The maximum absolute atomic E-state index is 12.4. The average Bonchev–Trinajstić information content (AvgIpc) is 3.78. The van der Waals surface area contributed by atoms with Crippen molar-refractivity contribution in [1.29, 1.82) is 0 Å². The molecule has 0 radical (unpaired) electrons. The topological polar surface area (TPSA) is 163 Å². The van der Waals surface area contributed by atoms with E-state index in [1.54, 1.807) is 23.5 Å².